The summed E-state index contributed by atoms with van der Waals surface area (Å²) in [6.45, 7) is 22.0. The number of aliphatic hydroxyl groups is 2. The summed E-state index contributed by atoms with van der Waals surface area (Å²) in [6, 6.07) is 4.55. The van der Waals surface area contributed by atoms with Crippen molar-refractivity contribution in [2.24, 2.45) is 5.92 Å². The highest BCUT2D eigenvalue weighted by molar-refractivity contribution is 5.49. The molecule has 2 nitrogen and oxygen atoms in total. The van der Waals surface area contributed by atoms with Gasteiger partial charge in [-0.3, -0.25) is 0 Å². The van der Waals surface area contributed by atoms with Gasteiger partial charge in [0.25, 0.3) is 0 Å². The van der Waals surface area contributed by atoms with Gasteiger partial charge < -0.3 is 10.2 Å². The largest absolute Gasteiger partial charge is 0.396 e. The zero-order chi connectivity index (χ0) is 19.8. The molecule has 144 valence electrons. The number of hydrogen-bond donors (Lipinski definition) is 2. The molecule has 2 N–H and O–H groups in total. The van der Waals surface area contributed by atoms with Crippen molar-refractivity contribution in [1.82, 2.24) is 0 Å². The number of aliphatic hydroxyl groups excluding tert-OH is 2. The fourth-order valence-corrected chi connectivity index (χ4v) is 3.33. The van der Waals surface area contributed by atoms with Crippen molar-refractivity contribution in [3.8, 4) is 0 Å². The monoisotopic (exact) mass is 348 g/mol. The van der Waals surface area contributed by atoms with Crippen LogP contribution in [-0.4, -0.2) is 16.8 Å². The van der Waals surface area contributed by atoms with Crippen molar-refractivity contribution in [3.05, 3.63) is 34.4 Å². The molecule has 25 heavy (non-hydrogen) atoms. The van der Waals surface area contributed by atoms with Crippen LogP contribution in [0.3, 0.4) is 0 Å². The molecule has 0 saturated carbocycles. The Morgan fingerprint density at radius 2 is 1.20 bits per heavy atom. The maximum absolute atomic E-state index is 11.2. The van der Waals surface area contributed by atoms with Gasteiger partial charge in [0.05, 0.1) is 6.10 Å². The molecule has 2 atom stereocenters. The lowest BCUT2D eigenvalue weighted by atomic mass is 9.70. The maximum atomic E-state index is 11.2. The highest BCUT2D eigenvalue weighted by Crippen LogP contribution is 2.43. The summed E-state index contributed by atoms with van der Waals surface area (Å²) in [5.74, 6) is -0.136. The van der Waals surface area contributed by atoms with Gasteiger partial charge in [-0.05, 0) is 44.9 Å². The summed E-state index contributed by atoms with van der Waals surface area (Å²) in [7, 11) is 0. The SMILES string of the molecule is CCC(CO)C(O)c1c(C(C)(C)C)cc(C(C)(C)C)cc1C(C)(C)C. The molecule has 1 rings (SSSR count). The zero-order valence-electron chi connectivity index (χ0n) is 18.1. The Bertz CT molecular complexity index is 541. The molecule has 0 aliphatic rings. The van der Waals surface area contributed by atoms with E-state index in [-0.39, 0.29) is 28.8 Å². The summed E-state index contributed by atoms with van der Waals surface area (Å²) >= 11 is 0. The number of rotatable bonds is 4. The van der Waals surface area contributed by atoms with Crippen molar-refractivity contribution in [2.45, 2.75) is 98.0 Å². The number of benzene rings is 1. The van der Waals surface area contributed by atoms with Gasteiger partial charge in [-0.2, -0.15) is 0 Å². The van der Waals surface area contributed by atoms with Crippen LogP contribution in [0.15, 0.2) is 12.1 Å². The Hall–Kier alpha value is -0.860. The fraction of sp³-hybridized carbons (Fsp3) is 0.739. The predicted molar refractivity (Wildman–Crippen MR) is 108 cm³/mol. The van der Waals surface area contributed by atoms with E-state index in [2.05, 4.69) is 74.4 Å². The van der Waals surface area contributed by atoms with Crippen LogP contribution in [0.5, 0.6) is 0 Å². The second-order valence-electron chi connectivity index (χ2n) is 10.5. The van der Waals surface area contributed by atoms with E-state index in [1.807, 2.05) is 6.92 Å². The molecule has 1 aromatic rings. The normalized spacial score (nSPS) is 16.0. The molecule has 0 amide bonds. The first-order chi connectivity index (χ1) is 11.1. The van der Waals surface area contributed by atoms with Crippen LogP contribution in [0.2, 0.25) is 0 Å². The van der Waals surface area contributed by atoms with E-state index in [0.29, 0.717) is 0 Å². The van der Waals surface area contributed by atoms with Crippen LogP contribution < -0.4 is 0 Å². The molecule has 2 unspecified atom stereocenters. The summed E-state index contributed by atoms with van der Waals surface area (Å²) < 4.78 is 0. The standard InChI is InChI=1S/C23H40O2/c1-11-15(14-24)20(25)19-17(22(5,6)7)12-16(21(2,3)4)13-18(19)23(8,9)10/h12-13,15,20,24-25H,11,14H2,1-10H3. The summed E-state index contributed by atoms with van der Waals surface area (Å²) in [4.78, 5) is 0. The molecule has 2 heteroatoms. The Labute approximate surface area is 155 Å². The molecule has 0 saturated heterocycles. The van der Waals surface area contributed by atoms with Gasteiger partial charge in [-0.1, -0.05) is 81.4 Å². The zero-order valence-corrected chi connectivity index (χ0v) is 18.1. The molecule has 0 bridgehead atoms. The summed E-state index contributed by atoms with van der Waals surface area (Å²) in [5.41, 5.74) is 4.61. The Morgan fingerprint density at radius 3 is 1.44 bits per heavy atom. The fourth-order valence-electron chi connectivity index (χ4n) is 3.33. The van der Waals surface area contributed by atoms with Crippen LogP contribution in [-0.2, 0) is 16.2 Å². The molecule has 1 aromatic carbocycles. The Morgan fingerprint density at radius 1 is 0.800 bits per heavy atom. The second-order valence-corrected chi connectivity index (χ2v) is 10.5. The topological polar surface area (TPSA) is 40.5 Å². The smallest absolute Gasteiger partial charge is 0.0845 e. The average molecular weight is 349 g/mol. The first kappa shape index (κ1) is 22.2. The van der Waals surface area contributed by atoms with Crippen LogP contribution >= 0.6 is 0 Å². The summed E-state index contributed by atoms with van der Waals surface area (Å²) in [5, 5.41) is 21.0. The lowest BCUT2D eigenvalue weighted by molar-refractivity contribution is 0.0620. The molecule has 0 aliphatic carbocycles. The molecule has 0 fully saturated rings. The third-order valence-corrected chi connectivity index (χ3v) is 5.16. The van der Waals surface area contributed by atoms with E-state index in [1.54, 1.807) is 0 Å². The molecule has 0 spiro atoms. The maximum Gasteiger partial charge on any atom is 0.0845 e. The van der Waals surface area contributed by atoms with E-state index >= 15 is 0 Å². The van der Waals surface area contributed by atoms with Crippen LogP contribution in [0.1, 0.15) is 104 Å². The van der Waals surface area contributed by atoms with Crippen molar-refractivity contribution in [1.29, 1.82) is 0 Å². The van der Waals surface area contributed by atoms with E-state index in [9.17, 15) is 10.2 Å². The summed E-state index contributed by atoms with van der Waals surface area (Å²) in [6.07, 6.45) is 0.110. The third-order valence-electron chi connectivity index (χ3n) is 5.16. The molecular formula is C23H40O2. The Balaban J connectivity index is 3.89. The molecule has 0 aromatic heterocycles. The first-order valence-electron chi connectivity index (χ1n) is 9.62. The van der Waals surface area contributed by atoms with Crippen molar-refractivity contribution in [2.75, 3.05) is 6.61 Å². The Kier molecular flexibility index (Phi) is 6.57. The van der Waals surface area contributed by atoms with Gasteiger partial charge in [0.1, 0.15) is 0 Å². The van der Waals surface area contributed by atoms with Gasteiger partial charge >= 0.3 is 0 Å². The average Bonchev–Trinajstić information content (AvgIpc) is 2.44. The molecule has 0 radical (unpaired) electrons. The molecular weight excluding hydrogens is 308 g/mol. The van der Waals surface area contributed by atoms with Gasteiger partial charge in [0.15, 0.2) is 0 Å². The van der Waals surface area contributed by atoms with Crippen LogP contribution in [0.25, 0.3) is 0 Å². The highest BCUT2D eigenvalue weighted by atomic mass is 16.3. The quantitative estimate of drug-likeness (QED) is 0.740. The first-order valence-corrected chi connectivity index (χ1v) is 9.62. The third kappa shape index (κ3) is 5.08. The minimum absolute atomic E-state index is 0.00581. The number of hydrogen-bond acceptors (Lipinski definition) is 2. The van der Waals surface area contributed by atoms with Crippen LogP contribution in [0.4, 0.5) is 0 Å². The highest BCUT2D eigenvalue weighted by Gasteiger charge is 2.33. The lowest BCUT2D eigenvalue weighted by Crippen LogP contribution is -2.28. The molecule has 0 aliphatic heterocycles. The predicted octanol–water partition coefficient (Wildman–Crippen LogP) is 5.63. The van der Waals surface area contributed by atoms with Gasteiger partial charge in [-0.25, -0.2) is 0 Å². The van der Waals surface area contributed by atoms with Gasteiger partial charge in [0.2, 0.25) is 0 Å². The van der Waals surface area contributed by atoms with Crippen molar-refractivity contribution >= 4 is 0 Å². The van der Waals surface area contributed by atoms with Gasteiger partial charge in [0, 0.05) is 12.5 Å². The van der Waals surface area contributed by atoms with Gasteiger partial charge in [-0.15, -0.1) is 0 Å². The minimum Gasteiger partial charge on any atom is -0.396 e. The second kappa shape index (κ2) is 7.40. The van der Waals surface area contributed by atoms with E-state index in [1.165, 1.54) is 16.7 Å². The van der Waals surface area contributed by atoms with Crippen LogP contribution in [0, 0.1) is 5.92 Å². The molecule has 0 heterocycles. The van der Waals surface area contributed by atoms with Crippen molar-refractivity contribution in [3.63, 3.8) is 0 Å². The minimum atomic E-state index is -0.646. The van der Waals surface area contributed by atoms with E-state index in [4.69, 9.17) is 0 Å². The van der Waals surface area contributed by atoms with Crippen molar-refractivity contribution < 1.29 is 10.2 Å². The van der Waals surface area contributed by atoms with E-state index < -0.39 is 6.10 Å². The lowest BCUT2D eigenvalue weighted by Gasteiger charge is -2.36. The van der Waals surface area contributed by atoms with E-state index in [0.717, 1.165) is 12.0 Å².